The molecule has 0 spiro atoms. The molecule has 1 rings (SSSR count). The normalized spacial score (nSPS) is 12.4. The third-order valence-electron chi connectivity index (χ3n) is 1.68. The van der Waals surface area contributed by atoms with E-state index in [1.807, 2.05) is 0 Å². The number of carbonyl (C=O) groups is 2. The lowest BCUT2D eigenvalue weighted by atomic mass is 10.1. The fraction of sp³-hybridized carbons (Fsp3) is 0.375. The zero-order valence-corrected chi connectivity index (χ0v) is 8.29. The van der Waals surface area contributed by atoms with E-state index in [-0.39, 0.29) is 18.6 Å². The number of rotatable bonds is 5. The molecule has 1 heterocycles. The molecule has 0 saturated carbocycles. The summed E-state index contributed by atoms with van der Waals surface area (Å²) < 4.78 is 0. The number of Topliss-reactive ketones (excluding diaryl/α,β-unsaturated/α-hetero) is 1. The summed E-state index contributed by atoms with van der Waals surface area (Å²) in [7, 11) is 0. The molecular formula is C8H11N3O2S. The molecule has 5 nitrogen and oxygen atoms in total. The lowest BCUT2D eigenvalue weighted by Gasteiger charge is -2.06. The second-order valence-electron chi connectivity index (χ2n) is 2.81. The molecule has 4 N–H and O–H groups in total. The van der Waals surface area contributed by atoms with Crippen LogP contribution in [0.3, 0.4) is 0 Å². The highest BCUT2D eigenvalue weighted by Crippen LogP contribution is 2.08. The molecule has 6 heteroatoms. The average Bonchev–Trinajstić information content (AvgIpc) is 2.65. The van der Waals surface area contributed by atoms with E-state index in [4.69, 9.17) is 11.5 Å². The predicted octanol–water partition coefficient (Wildman–Crippen LogP) is -0.0814. The average molecular weight is 213 g/mol. The van der Waals surface area contributed by atoms with Crippen molar-refractivity contribution in [2.45, 2.75) is 18.9 Å². The van der Waals surface area contributed by atoms with E-state index in [0.717, 1.165) is 0 Å². The summed E-state index contributed by atoms with van der Waals surface area (Å²) >= 11 is 1.24. The van der Waals surface area contributed by atoms with E-state index in [2.05, 4.69) is 4.98 Å². The van der Waals surface area contributed by atoms with Gasteiger partial charge < -0.3 is 11.5 Å². The maximum atomic E-state index is 11.5. The van der Waals surface area contributed by atoms with Crippen LogP contribution < -0.4 is 11.5 Å². The minimum Gasteiger partial charge on any atom is -0.370 e. The summed E-state index contributed by atoms with van der Waals surface area (Å²) in [5, 5.41) is 2.08. The maximum absolute atomic E-state index is 11.5. The topological polar surface area (TPSA) is 99.1 Å². The first-order chi connectivity index (χ1) is 6.61. The Morgan fingerprint density at radius 1 is 1.57 bits per heavy atom. The zero-order chi connectivity index (χ0) is 10.6. The summed E-state index contributed by atoms with van der Waals surface area (Å²) in [5.41, 5.74) is 10.5. The summed E-state index contributed by atoms with van der Waals surface area (Å²) in [6, 6.07) is -0.686. The van der Waals surface area contributed by atoms with Crippen LogP contribution in [0.2, 0.25) is 0 Å². The van der Waals surface area contributed by atoms with Gasteiger partial charge in [0.1, 0.15) is 0 Å². The molecular weight excluding hydrogens is 202 g/mol. The Kier molecular flexibility index (Phi) is 3.73. The highest BCUT2D eigenvalue weighted by molar-refractivity contribution is 7.11. The Hall–Kier alpha value is -1.27. The molecule has 1 atom stereocenters. The van der Waals surface area contributed by atoms with Crippen molar-refractivity contribution < 1.29 is 9.59 Å². The van der Waals surface area contributed by atoms with Crippen LogP contribution in [0.25, 0.3) is 0 Å². The lowest BCUT2D eigenvalue weighted by Crippen LogP contribution is -2.31. The van der Waals surface area contributed by atoms with Crippen LogP contribution in [0.4, 0.5) is 0 Å². The number of primary amides is 1. The largest absolute Gasteiger partial charge is 0.370 e. The minimum absolute atomic E-state index is 0.123. The highest BCUT2D eigenvalue weighted by atomic mass is 32.1. The van der Waals surface area contributed by atoms with Crippen molar-refractivity contribution in [3.05, 3.63) is 16.6 Å². The summed E-state index contributed by atoms with van der Waals surface area (Å²) in [6.07, 6.45) is 1.94. The maximum Gasteiger partial charge on any atom is 0.217 e. The van der Waals surface area contributed by atoms with Crippen LogP contribution in [0.1, 0.15) is 22.6 Å². The van der Waals surface area contributed by atoms with Gasteiger partial charge in [-0.1, -0.05) is 0 Å². The van der Waals surface area contributed by atoms with E-state index in [0.29, 0.717) is 5.01 Å². The molecule has 1 amide bonds. The molecule has 0 saturated heterocycles. The summed E-state index contributed by atoms with van der Waals surface area (Å²) in [6.45, 7) is 0. The van der Waals surface area contributed by atoms with Gasteiger partial charge in [0.25, 0.3) is 0 Å². The van der Waals surface area contributed by atoms with Gasteiger partial charge in [-0.25, -0.2) is 4.98 Å². The zero-order valence-electron chi connectivity index (χ0n) is 7.47. The Balaban J connectivity index is 2.49. The molecule has 0 fully saturated rings. The van der Waals surface area contributed by atoms with Crippen molar-refractivity contribution in [3.63, 3.8) is 0 Å². The number of aromatic nitrogens is 1. The SMILES string of the molecule is NC(=O)CCC(N)C(=O)c1nccs1. The van der Waals surface area contributed by atoms with E-state index < -0.39 is 11.9 Å². The first kappa shape index (κ1) is 10.8. The number of nitrogens with two attached hydrogens (primary N) is 2. The number of hydrogen-bond acceptors (Lipinski definition) is 5. The van der Waals surface area contributed by atoms with Gasteiger partial charge in [-0.15, -0.1) is 11.3 Å². The Bertz CT molecular complexity index is 323. The molecule has 1 unspecified atom stereocenters. The van der Waals surface area contributed by atoms with Crippen molar-refractivity contribution in [2.75, 3.05) is 0 Å². The summed E-state index contributed by atoms with van der Waals surface area (Å²) in [4.78, 5) is 25.8. The standard InChI is InChI=1S/C8H11N3O2S/c9-5(1-2-6(10)12)7(13)8-11-3-4-14-8/h3-5H,1-2,9H2,(H2,10,12). The van der Waals surface area contributed by atoms with Crippen LogP contribution in [-0.4, -0.2) is 22.7 Å². The van der Waals surface area contributed by atoms with Gasteiger partial charge in [-0.05, 0) is 6.42 Å². The van der Waals surface area contributed by atoms with Crippen molar-refractivity contribution in [1.29, 1.82) is 0 Å². The van der Waals surface area contributed by atoms with Gasteiger partial charge in [0.05, 0.1) is 6.04 Å². The highest BCUT2D eigenvalue weighted by Gasteiger charge is 2.18. The first-order valence-corrected chi connectivity index (χ1v) is 4.97. The third-order valence-corrected chi connectivity index (χ3v) is 2.47. The number of thiazole rings is 1. The first-order valence-electron chi connectivity index (χ1n) is 4.09. The second-order valence-corrected chi connectivity index (χ2v) is 3.71. The fourth-order valence-electron chi connectivity index (χ4n) is 0.933. The van der Waals surface area contributed by atoms with Crippen molar-refractivity contribution in [2.24, 2.45) is 11.5 Å². The van der Waals surface area contributed by atoms with E-state index in [1.54, 1.807) is 11.6 Å². The molecule has 0 aliphatic carbocycles. The Morgan fingerprint density at radius 3 is 2.79 bits per heavy atom. The van der Waals surface area contributed by atoms with Crippen LogP contribution in [0.15, 0.2) is 11.6 Å². The molecule has 0 aliphatic rings. The number of nitrogens with zero attached hydrogens (tertiary/aromatic N) is 1. The van der Waals surface area contributed by atoms with Gasteiger partial charge >= 0.3 is 0 Å². The number of hydrogen-bond donors (Lipinski definition) is 2. The molecule has 1 aromatic rings. The monoisotopic (exact) mass is 213 g/mol. The smallest absolute Gasteiger partial charge is 0.217 e. The van der Waals surface area contributed by atoms with Gasteiger partial charge in [0.15, 0.2) is 5.01 Å². The molecule has 1 aromatic heterocycles. The Labute approximate surface area is 85.1 Å². The molecule has 0 aromatic carbocycles. The van der Waals surface area contributed by atoms with Crippen LogP contribution in [0, 0.1) is 0 Å². The van der Waals surface area contributed by atoms with E-state index in [1.165, 1.54) is 11.3 Å². The lowest BCUT2D eigenvalue weighted by molar-refractivity contribution is -0.118. The molecule has 0 bridgehead atoms. The van der Waals surface area contributed by atoms with Crippen LogP contribution in [-0.2, 0) is 4.79 Å². The van der Waals surface area contributed by atoms with Crippen molar-refractivity contribution in [1.82, 2.24) is 4.98 Å². The van der Waals surface area contributed by atoms with Crippen LogP contribution >= 0.6 is 11.3 Å². The van der Waals surface area contributed by atoms with E-state index >= 15 is 0 Å². The molecule has 76 valence electrons. The number of amides is 1. The van der Waals surface area contributed by atoms with Gasteiger partial charge in [0, 0.05) is 18.0 Å². The number of carbonyl (C=O) groups excluding carboxylic acids is 2. The minimum atomic E-state index is -0.686. The fourth-order valence-corrected chi connectivity index (χ4v) is 1.57. The second kappa shape index (κ2) is 4.83. The Morgan fingerprint density at radius 2 is 2.29 bits per heavy atom. The van der Waals surface area contributed by atoms with Crippen molar-refractivity contribution in [3.8, 4) is 0 Å². The summed E-state index contributed by atoms with van der Waals surface area (Å²) in [5.74, 6) is -0.686. The van der Waals surface area contributed by atoms with E-state index in [9.17, 15) is 9.59 Å². The predicted molar refractivity (Wildman–Crippen MR) is 52.8 cm³/mol. The quantitative estimate of drug-likeness (QED) is 0.668. The van der Waals surface area contributed by atoms with Gasteiger partial charge in [0.2, 0.25) is 11.7 Å². The van der Waals surface area contributed by atoms with Crippen LogP contribution in [0.5, 0.6) is 0 Å². The molecule has 14 heavy (non-hydrogen) atoms. The van der Waals surface area contributed by atoms with Gasteiger partial charge in [-0.2, -0.15) is 0 Å². The molecule has 0 aliphatic heterocycles. The molecule has 0 radical (unpaired) electrons. The third kappa shape index (κ3) is 2.90. The number of ketones is 1. The van der Waals surface area contributed by atoms with Gasteiger partial charge in [-0.3, -0.25) is 9.59 Å². The van der Waals surface area contributed by atoms with Crippen molar-refractivity contribution >= 4 is 23.0 Å².